The summed E-state index contributed by atoms with van der Waals surface area (Å²) in [6.45, 7) is 3.09. The van der Waals surface area contributed by atoms with Crippen LogP contribution in [0.2, 0.25) is 0 Å². The van der Waals surface area contributed by atoms with Gasteiger partial charge in [-0.15, -0.1) is 11.3 Å². The third-order valence-corrected chi connectivity index (χ3v) is 6.70. The fourth-order valence-electron chi connectivity index (χ4n) is 4.01. The highest BCUT2D eigenvalue weighted by molar-refractivity contribution is 7.12. The third kappa shape index (κ3) is 4.75. The van der Waals surface area contributed by atoms with Crippen LogP contribution in [-0.2, 0) is 6.54 Å². The molecule has 1 aliphatic heterocycles. The van der Waals surface area contributed by atoms with Gasteiger partial charge in [0.1, 0.15) is 5.82 Å². The molecule has 9 heteroatoms. The number of fused-ring (bicyclic) bond motifs is 1. The Morgan fingerprint density at radius 2 is 1.74 bits per heavy atom. The Hall–Kier alpha value is -3.82. The van der Waals surface area contributed by atoms with E-state index in [-0.39, 0.29) is 17.4 Å². The molecule has 2 N–H and O–H groups in total. The van der Waals surface area contributed by atoms with Crippen molar-refractivity contribution in [3.63, 3.8) is 0 Å². The Morgan fingerprint density at radius 1 is 0.971 bits per heavy atom. The Labute approximate surface area is 199 Å². The number of nitrogens with one attached hydrogen (secondary N) is 2. The van der Waals surface area contributed by atoms with E-state index in [4.69, 9.17) is 0 Å². The highest BCUT2D eigenvalue weighted by Crippen LogP contribution is 2.16. The predicted octanol–water partition coefficient (Wildman–Crippen LogP) is 3.19. The number of aromatic nitrogens is 2. The van der Waals surface area contributed by atoms with Crippen molar-refractivity contribution >= 4 is 39.7 Å². The zero-order valence-electron chi connectivity index (χ0n) is 18.4. The van der Waals surface area contributed by atoms with Crippen molar-refractivity contribution in [3.05, 3.63) is 92.7 Å². The van der Waals surface area contributed by atoms with E-state index in [1.165, 1.54) is 11.3 Å². The average molecular weight is 474 g/mol. The molecule has 1 aliphatic rings. The molecule has 0 aliphatic carbocycles. The number of aromatic amines is 1. The number of carbonyl (C=O) groups is 2. The molecule has 4 aromatic rings. The van der Waals surface area contributed by atoms with Gasteiger partial charge in [0.25, 0.3) is 17.4 Å². The minimum Gasteiger partial charge on any atom is -0.336 e. The fraction of sp³-hybridized carbons (Fsp3) is 0.200. The summed E-state index contributed by atoms with van der Waals surface area (Å²) in [6, 6.07) is 17.9. The summed E-state index contributed by atoms with van der Waals surface area (Å²) < 4.78 is 0. The molecule has 5 rings (SSSR count). The van der Waals surface area contributed by atoms with Gasteiger partial charge < -0.3 is 15.2 Å². The molecule has 0 radical (unpaired) electrons. The molecule has 172 valence electrons. The number of para-hydroxylation sites is 1. The van der Waals surface area contributed by atoms with Gasteiger partial charge >= 0.3 is 0 Å². The number of anilines is 1. The van der Waals surface area contributed by atoms with E-state index in [0.29, 0.717) is 65.6 Å². The molecular formula is C25H23N5O3S. The second-order valence-corrected chi connectivity index (χ2v) is 9.05. The minimum atomic E-state index is -0.160. The molecule has 0 saturated carbocycles. The maximum atomic E-state index is 12.9. The van der Waals surface area contributed by atoms with Gasteiger partial charge in [0, 0.05) is 37.4 Å². The lowest BCUT2D eigenvalue weighted by Crippen LogP contribution is -2.48. The van der Waals surface area contributed by atoms with Gasteiger partial charge in [0.05, 0.1) is 22.3 Å². The molecule has 0 atom stereocenters. The molecule has 0 bridgehead atoms. The molecule has 0 unspecified atom stereocenters. The SMILES string of the molecule is O=C(Nc1ccc(C(=O)N2CCN(Cc3nc4ccccc4c(=O)[nH]3)CC2)cc1)c1cccs1. The highest BCUT2D eigenvalue weighted by Gasteiger charge is 2.23. The van der Waals surface area contributed by atoms with E-state index in [0.717, 1.165) is 0 Å². The largest absolute Gasteiger partial charge is 0.336 e. The molecule has 1 fully saturated rings. The van der Waals surface area contributed by atoms with Gasteiger partial charge in [-0.2, -0.15) is 0 Å². The van der Waals surface area contributed by atoms with Crippen molar-refractivity contribution in [2.24, 2.45) is 0 Å². The van der Waals surface area contributed by atoms with E-state index in [1.807, 2.05) is 34.5 Å². The number of piperazine rings is 1. The van der Waals surface area contributed by atoms with Gasteiger partial charge in [-0.1, -0.05) is 18.2 Å². The number of rotatable bonds is 5. The van der Waals surface area contributed by atoms with Crippen LogP contribution >= 0.6 is 11.3 Å². The molecular weight excluding hydrogens is 450 g/mol. The lowest BCUT2D eigenvalue weighted by molar-refractivity contribution is 0.0625. The van der Waals surface area contributed by atoms with Gasteiger partial charge in [-0.3, -0.25) is 19.3 Å². The van der Waals surface area contributed by atoms with Crippen LogP contribution in [-0.4, -0.2) is 57.8 Å². The second kappa shape index (κ2) is 9.58. The first-order valence-corrected chi connectivity index (χ1v) is 11.9. The Bertz CT molecular complexity index is 1370. The first-order valence-electron chi connectivity index (χ1n) is 11.0. The lowest BCUT2D eigenvalue weighted by atomic mass is 10.1. The Balaban J connectivity index is 1.17. The van der Waals surface area contributed by atoms with Crippen LogP contribution in [0.3, 0.4) is 0 Å². The smallest absolute Gasteiger partial charge is 0.265 e. The van der Waals surface area contributed by atoms with Crippen LogP contribution in [0.15, 0.2) is 70.8 Å². The number of hydrogen-bond donors (Lipinski definition) is 2. The van der Waals surface area contributed by atoms with E-state index in [1.54, 1.807) is 36.4 Å². The Kier molecular flexibility index (Phi) is 6.20. The monoisotopic (exact) mass is 473 g/mol. The maximum absolute atomic E-state index is 12.9. The summed E-state index contributed by atoms with van der Waals surface area (Å²) in [5.41, 5.74) is 1.79. The summed E-state index contributed by atoms with van der Waals surface area (Å²) in [6.07, 6.45) is 0. The lowest BCUT2D eigenvalue weighted by Gasteiger charge is -2.34. The summed E-state index contributed by atoms with van der Waals surface area (Å²) >= 11 is 1.38. The standard InChI is InChI=1S/C25H23N5O3S/c31-23-19-4-1-2-5-20(19)27-22(28-23)16-29-11-13-30(14-12-29)25(33)17-7-9-18(10-8-17)26-24(32)21-6-3-15-34-21/h1-10,15H,11-14,16H2,(H,26,32)(H,27,28,31). The zero-order valence-corrected chi connectivity index (χ0v) is 19.2. The van der Waals surface area contributed by atoms with Crippen LogP contribution in [0.4, 0.5) is 5.69 Å². The number of H-pyrrole nitrogens is 1. The topological polar surface area (TPSA) is 98.4 Å². The number of benzene rings is 2. The number of nitrogens with zero attached hydrogens (tertiary/aromatic N) is 3. The summed E-state index contributed by atoms with van der Waals surface area (Å²) in [5, 5.41) is 5.28. The first kappa shape index (κ1) is 22.0. The zero-order chi connectivity index (χ0) is 23.5. The minimum absolute atomic E-state index is 0.0342. The molecule has 2 aromatic carbocycles. The normalized spacial score (nSPS) is 14.3. The van der Waals surface area contributed by atoms with Crippen LogP contribution in [0.5, 0.6) is 0 Å². The quantitative estimate of drug-likeness (QED) is 0.464. The van der Waals surface area contributed by atoms with E-state index in [9.17, 15) is 14.4 Å². The molecule has 8 nitrogen and oxygen atoms in total. The van der Waals surface area contributed by atoms with Crippen LogP contribution in [0.1, 0.15) is 25.9 Å². The maximum Gasteiger partial charge on any atom is 0.265 e. The van der Waals surface area contributed by atoms with Gasteiger partial charge in [-0.05, 0) is 47.8 Å². The average Bonchev–Trinajstić information content (AvgIpc) is 3.40. The summed E-state index contributed by atoms with van der Waals surface area (Å²) in [5.74, 6) is 0.434. The molecule has 0 spiro atoms. The van der Waals surface area contributed by atoms with Crippen LogP contribution < -0.4 is 10.9 Å². The molecule has 34 heavy (non-hydrogen) atoms. The molecule has 1 saturated heterocycles. The Morgan fingerprint density at radius 3 is 2.47 bits per heavy atom. The van der Waals surface area contributed by atoms with Crippen LogP contribution in [0.25, 0.3) is 10.9 Å². The summed E-state index contributed by atoms with van der Waals surface area (Å²) in [4.78, 5) is 49.5. The predicted molar refractivity (Wildman–Crippen MR) is 132 cm³/mol. The number of thiophene rings is 1. The number of carbonyl (C=O) groups excluding carboxylic acids is 2. The van der Waals surface area contributed by atoms with Crippen molar-refractivity contribution in [1.29, 1.82) is 0 Å². The van der Waals surface area contributed by atoms with Crippen molar-refractivity contribution in [2.75, 3.05) is 31.5 Å². The number of amides is 2. The highest BCUT2D eigenvalue weighted by atomic mass is 32.1. The van der Waals surface area contributed by atoms with E-state index < -0.39 is 0 Å². The van der Waals surface area contributed by atoms with Crippen molar-refractivity contribution in [1.82, 2.24) is 19.8 Å². The van der Waals surface area contributed by atoms with Gasteiger partial charge in [-0.25, -0.2) is 4.98 Å². The van der Waals surface area contributed by atoms with Crippen LogP contribution in [0, 0.1) is 0 Å². The molecule has 2 aromatic heterocycles. The van der Waals surface area contributed by atoms with Crippen molar-refractivity contribution in [2.45, 2.75) is 6.54 Å². The second-order valence-electron chi connectivity index (χ2n) is 8.11. The molecule has 2 amide bonds. The van der Waals surface area contributed by atoms with Gasteiger partial charge in [0.2, 0.25) is 0 Å². The van der Waals surface area contributed by atoms with Gasteiger partial charge in [0.15, 0.2) is 0 Å². The van der Waals surface area contributed by atoms with Crippen molar-refractivity contribution < 1.29 is 9.59 Å². The first-order chi connectivity index (χ1) is 16.6. The van der Waals surface area contributed by atoms with E-state index in [2.05, 4.69) is 20.2 Å². The molecule has 3 heterocycles. The number of hydrogen-bond acceptors (Lipinski definition) is 6. The van der Waals surface area contributed by atoms with E-state index >= 15 is 0 Å². The van der Waals surface area contributed by atoms with Crippen molar-refractivity contribution in [3.8, 4) is 0 Å². The summed E-state index contributed by atoms with van der Waals surface area (Å²) in [7, 11) is 0. The third-order valence-electron chi connectivity index (χ3n) is 5.83. The fourth-order valence-corrected chi connectivity index (χ4v) is 4.63.